The molecule has 0 spiro atoms. The number of carbonyl (C=O) groups is 1. The standard InChI is InChI=1S/C19H17FN2O2/c20-15-4-2-1-3-14(15)18-10-13-9-12(5-6-17(13)24-18)11-22-8-7-16(22)19(21)23/h1-6,9-10,16H,7-8,11H2,(H2,21,23)/t16-/m0/s1. The molecule has 1 aromatic heterocycles. The van der Waals surface area contributed by atoms with Gasteiger partial charge in [0.2, 0.25) is 5.91 Å². The quantitative estimate of drug-likeness (QED) is 0.801. The molecule has 0 bridgehead atoms. The van der Waals surface area contributed by atoms with E-state index in [0.717, 1.165) is 23.9 Å². The van der Waals surface area contributed by atoms with Crippen LogP contribution >= 0.6 is 0 Å². The number of nitrogens with zero attached hydrogens (tertiary/aromatic N) is 1. The van der Waals surface area contributed by atoms with Crippen molar-refractivity contribution in [3.8, 4) is 11.3 Å². The number of carbonyl (C=O) groups excluding carboxylic acids is 1. The first-order valence-electron chi connectivity index (χ1n) is 7.92. The van der Waals surface area contributed by atoms with Crippen LogP contribution < -0.4 is 5.73 Å². The summed E-state index contributed by atoms with van der Waals surface area (Å²) in [4.78, 5) is 13.4. The summed E-state index contributed by atoms with van der Waals surface area (Å²) in [5, 5.41) is 0.918. The molecule has 2 aromatic carbocycles. The molecule has 1 fully saturated rings. The lowest BCUT2D eigenvalue weighted by Gasteiger charge is -2.38. The zero-order valence-electron chi connectivity index (χ0n) is 13.0. The van der Waals surface area contributed by atoms with Gasteiger partial charge >= 0.3 is 0 Å². The predicted octanol–water partition coefficient (Wildman–Crippen LogP) is 3.30. The Morgan fingerprint density at radius 2 is 2.08 bits per heavy atom. The molecule has 1 atom stereocenters. The van der Waals surface area contributed by atoms with Gasteiger partial charge in [-0.1, -0.05) is 18.2 Å². The summed E-state index contributed by atoms with van der Waals surface area (Å²) in [6.07, 6.45) is 0.820. The van der Waals surface area contributed by atoms with Crippen LogP contribution in [0.5, 0.6) is 0 Å². The Morgan fingerprint density at radius 3 is 2.79 bits per heavy atom. The number of hydrogen-bond donors (Lipinski definition) is 1. The Balaban J connectivity index is 1.62. The van der Waals surface area contributed by atoms with Crippen LogP contribution in [0.3, 0.4) is 0 Å². The van der Waals surface area contributed by atoms with E-state index in [1.54, 1.807) is 18.2 Å². The second-order valence-electron chi connectivity index (χ2n) is 6.14. The van der Waals surface area contributed by atoms with Crippen molar-refractivity contribution in [2.24, 2.45) is 5.73 Å². The van der Waals surface area contributed by atoms with E-state index in [2.05, 4.69) is 4.90 Å². The van der Waals surface area contributed by atoms with Gasteiger partial charge in [-0.3, -0.25) is 9.69 Å². The van der Waals surface area contributed by atoms with Crippen molar-refractivity contribution in [1.82, 2.24) is 4.90 Å². The van der Waals surface area contributed by atoms with Crippen LogP contribution in [0.2, 0.25) is 0 Å². The van der Waals surface area contributed by atoms with Gasteiger partial charge in [-0.15, -0.1) is 0 Å². The van der Waals surface area contributed by atoms with Crippen LogP contribution in [-0.4, -0.2) is 23.4 Å². The van der Waals surface area contributed by atoms with Crippen molar-refractivity contribution in [3.05, 3.63) is 59.9 Å². The minimum atomic E-state index is -0.304. The summed E-state index contributed by atoms with van der Waals surface area (Å²) in [5.41, 5.74) is 7.63. The molecule has 2 N–H and O–H groups in total. The topological polar surface area (TPSA) is 59.5 Å². The van der Waals surface area contributed by atoms with Crippen LogP contribution in [-0.2, 0) is 11.3 Å². The molecule has 4 rings (SSSR count). The summed E-state index contributed by atoms with van der Waals surface area (Å²) in [5.74, 6) is -0.0617. The molecule has 1 aliphatic rings. The number of halogens is 1. The zero-order valence-corrected chi connectivity index (χ0v) is 13.0. The molecule has 24 heavy (non-hydrogen) atoms. The van der Waals surface area contributed by atoms with Gasteiger partial charge < -0.3 is 10.2 Å². The fourth-order valence-electron chi connectivity index (χ4n) is 3.17. The van der Waals surface area contributed by atoms with Gasteiger partial charge in [-0.2, -0.15) is 0 Å². The Hall–Kier alpha value is -2.66. The molecule has 0 radical (unpaired) electrons. The van der Waals surface area contributed by atoms with Gasteiger partial charge in [0, 0.05) is 18.5 Å². The zero-order chi connectivity index (χ0) is 16.7. The molecular weight excluding hydrogens is 307 g/mol. The number of likely N-dealkylation sites (tertiary alicyclic amines) is 1. The first-order valence-corrected chi connectivity index (χ1v) is 7.92. The molecule has 2 heterocycles. The third-order valence-electron chi connectivity index (χ3n) is 4.56. The van der Waals surface area contributed by atoms with Gasteiger partial charge in [0.15, 0.2) is 0 Å². The molecule has 3 aromatic rings. The number of fused-ring (bicyclic) bond motifs is 1. The van der Waals surface area contributed by atoms with Crippen LogP contribution in [0.1, 0.15) is 12.0 Å². The molecule has 5 heteroatoms. The van der Waals surface area contributed by atoms with E-state index < -0.39 is 0 Å². The second-order valence-corrected chi connectivity index (χ2v) is 6.14. The van der Waals surface area contributed by atoms with Crippen LogP contribution in [0.4, 0.5) is 4.39 Å². The number of benzene rings is 2. The lowest BCUT2D eigenvalue weighted by atomic mass is 10.0. The summed E-state index contributed by atoms with van der Waals surface area (Å²) in [7, 11) is 0. The highest BCUT2D eigenvalue weighted by atomic mass is 19.1. The van der Waals surface area contributed by atoms with Crippen molar-refractivity contribution in [2.45, 2.75) is 19.0 Å². The van der Waals surface area contributed by atoms with E-state index in [-0.39, 0.29) is 17.8 Å². The highest BCUT2D eigenvalue weighted by molar-refractivity contribution is 5.83. The summed E-state index contributed by atoms with van der Waals surface area (Å²) >= 11 is 0. The number of amides is 1. The minimum Gasteiger partial charge on any atom is -0.456 e. The average Bonchev–Trinajstić information content (AvgIpc) is 2.94. The minimum absolute atomic E-state index is 0.168. The first kappa shape index (κ1) is 14.9. The maximum absolute atomic E-state index is 13.9. The van der Waals surface area contributed by atoms with Crippen LogP contribution in [0.25, 0.3) is 22.3 Å². The molecule has 4 nitrogen and oxygen atoms in total. The largest absolute Gasteiger partial charge is 0.456 e. The number of furan rings is 1. The van der Waals surface area contributed by atoms with Gasteiger partial charge in [0.05, 0.1) is 11.6 Å². The number of primary amides is 1. The molecule has 1 aliphatic heterocycles. The lowest BCUT2D eigenvalue weighted by molar-refractivity contribution is -0.127. The van der Waals surface area contributed by atoms with E-state index >= 15 is 0 Å². The highest BCUT2D eigenvalue weighted by Gasteiger charge is 2.32. The van der Waals surface area contributed by atoms with E-state index in [4.69, 9.17) is 10.2 Å². The third-order valence-corrected chi connectivity index (χ3v) is 4.56. The van der Waals surface area contributed by atoms with Crippen molar-refractivity contribution in [1.29, 1.82) is 0 Å². The molecule has 1 saturated heterocycles. The Morgan fingerprint density at radius 1 is 1.25 bits per heavy atom. The van der Waals surface area contributed by atoms with E-state index in [0.29, 0.717) is 23.5 Å². The molecule has 0 aliphatic carbocycles. The van der Waals surface area contributed by atoms with Crippen molar-refractivity contribution < 1.29 is 13.6 Å². The monoisotopic (exact) mass is 324 g/mol. The molecule has 122 valence electrons. The maximum atomic E-state index is 13.9. The van der Waals surface area contributed by atoms with Gasteiger partial charge in [0.1, 0.15) is 17.2 Å². The van der Waals surface area contributed by atoms with Crippen molar-refractivity contribution in [2.75, 3.05) is 6.54 Å². The van der Waals surface area contributed by atoms with Gasteiger partial charge in [0.25, 0.3) is 0 Å². The van der Waals surface area contributed by atoms with E-state index in [1.165, 1.54) is 6.07 Å². The van der Waals surface area contributed by atoms with Gasteiger partial charge in [-0.25, -0.2) is 4.39 Å². The molecular formula is C19H17FN2O2. The van der Waals surface area contributed by atoms with Crippen molar-refractivity contribution in [3.63, 3.8) is 0 Å². The van der Waals surface area contributed by atoms with Crippen LogP contribution in [0, 0.1) is 5.82 Å². The fraction of sp³-hybridized carbons (Fsp3) is 0.211. The highest BCUT2D eigenvalue weighted by Crippen LogP contribution is 2.30. The average molecular weight is 324 g/mol. The SMILES string of the molecule is NC(=O)[C@@H]1CCN1Cc1ccc2oc(-c3ccccc3F)cc2c1. The summed E-state index contributed by atoms with van der Waals surface area (Å²) < 4.78 is 19.7. The normalized spacial score (nSPS) is 17.8. The maximum Gasteiger partial charge on any atom is 0.234 e. The van der Waals surface area contributed by atoms with E-state index in [1.807, 2.05) is 24.3 Å². The third kappa shape index (κ3) is 2.57. The number of hydrogen-bond acceptors (Lipinski definition) is 3. The smallest absolute Gasteiger partial charge is 0.234 e. The Labute approximate surface area is 138 Å². The number of rotatable bonds is 4. The molecule has 0 saturated carbocycles. The number of nitrogens with two attached hydrogens (primary N) is 1. The predicted molar refractivity (Wildman–Crippen MR) is 89.6 cm³/mol. The van der Waals surface area contributed by atoms with Crippen LogP contribution in [0.15, 0.2) is 52.9 Å². The van der Waals surface area contributed by atoms with Crippen molar-refractivity contribution >= 4 is 16.9 Å². The molecule has 1 amide bonds. The summed E-state index contributed by atoms with van der Waals surface area (Å²) in [6.45, 7) is 1.54. The Kier molecular flexibility index (Phi) is 3.58. The molecule has 0 unspecified atom stereocenters. The first-order chi connectivity index (χ1) is 11.6. The fourth-order valence-corrected chi connectivity index (χ4v) is 3.17. The lowest BCUT2D eigenvalue weighted by Crippen LogP contribution is -2.54. The Bertz CT molecular complexity index is 919. The second kappa shape index (κ2) is 5.76. The summed E-state index contributed by atoms with van der Waals surface area (Å²) in [6, 6.07) is 14.1. The van der Waals surface area contributed by atoms with Gasteiger partial charge in [-0.05, 0) is 42.3 Å². The van der Waals surface area contributed by atoms with E-state index in [9.17, 15) is 9.18 Å².